The van der Waals surface area contributed by atoms with Gasteiger partial charge in [-0.05, 0) is 40.8 Å². The third-order valence-electron chi connectivity index (χ3n) is 5.55. The summed E-state index contributed by atoms with van der Waals surface area (Å²) in [6.45, 7) is 0.233. The molecule has 166 valence electrons. The van der Waals surface area contributed by atoms with Crippen LogP contribution in [0.3, 0.4) is 0 Å². The van der Waals surface area contributed by atoms with Crippen LogP contribution in [0.15, 0.2) is 65.1 Å². The summed E-state index contributed by atoms with van der Waals surface area (Å²) >= 11 is 0. The molecule has 0 saturated heterocycles. The number of carboxylic acids is 1. The lowest BCUT2D eigenvalue weighted by molar-refractivity contribution is 0.000367. The summed E-state index contributed by atoms with van der Waals surface area (Å²) in [7, 11) is 0. The lowest BCUT2D eigenvalue weighted by Gasteiger charge is -2.17. The number of ether oxygens (including phenoxy) is 1. The summed E-state index contributed by atoms with van der Waals surface area (Å²) in [5.74, 6) is -1.71. The Labute approximate surface area is 184 Å². The Balaban J connectivity index is 1.27. The van der Waals surface area contributed by atoms with Crippen molar-refractivity contribution in [2.24, 2.45) is 0 Å². The van der Waals surface area contributed by atoms with E-state index in [1.54, 1.807) is 0 Å². The smallest absolute Gasteiger partial charge is 0.407 e. The zero-order valence-electron chi connectivity index (χ0n) is 17.1. The Bertz CT molecular complexity index is 1080. The fraction of sp³-hybridized carbons (Fsp3) is 0.250. The molecule has 2 atom stereocenters. The lowest BCUT2D eigenvalue weighted by Crippen LogP contribution is -2.30. The average Bonchev–Trinajstić information content (AvgIpc) is 3.41. The van der Waals surface area contributed by atoms with Gasteiger partial charge in [0.05, 0.1) is 6.10 Å². The van der Waals surface area contributed by atoms with Gasteiger partial charge in [-0.1, -0.05) is 48.5 Å². The predicted molar refractivity (Wildman–Crippen MR) is 114 cm³/mol. The van der Waals surface area contributed by atoms with Crippen LogP contribution in [0.4, 0.5) is 4.79 Å². The molecule has 1 aromatic heterocycles. The van der Waals surface area contributed by atoms with E-state index in [9.17, 15) is 19.8 Å². The highest BCUT2D eigenvalue weighted by Crippen LogP contribution is 2.44. The quantitative estimate of drug-likeness (QED) is 0.425. The predicted octanol–water partition coefficient (Wildman–Crippen LogP) is 3.30. The molecule has 0 bridgehead atoms. The third-order valence-corrected chi connectivity index (χ3v) is 5.55. The SMILES string of the molecule is O=C(NCCC(O)C(O)c1ccc(C(=O)O)o1)OCC1c2ccccc2-c2ccccc21. The van der Waals surface area contributed by atoms with Crippen molar-refractivity contribution in [1.82, 2.24) is 5.32 Å². The van der Waals surface area contributed by atoms with Crippen molar-refractivity contribution in [3.8, 4) is 11.1 Å². The standard InChI is InChI=1S/C24H23NO7/c26-19(22(27)20-9-10-21(32-20)23(28)29)11-12-25-24(30)31-13-18-16-7-3-1-5-14(16)15-6-2-4-8-17(15)18/h1-10,18-19,22,26-27H,11-13H2,(H,25,30)(H,28,29). The van der Waals surface area contributed by atoms with Crippen LogP contribution in [0.5, 0.6) is 0 Å². The minimum Gasteiger partial charge on any atom is -0.475 e. The van der Waals surface area contributed by atoms with E-state index in [1.807, 2.05) is 36.4 Å². The first-order chi connectivity index (χ1) is 15.5. The van der Waals surface area contributed by atoms with E-state index in [1.165, 1.54) is 12.1 Å². The molecule has 2 unspecified atom stereocenters. The van der Waals surface area contributed by atoms with Gasteiger partial charge in [0.25, 0.3) is 0 Å². The highest BCUT2D eigenvalue weighted by Gasteiger charge is 2.29. The van der Waals surface area contributed by atoms with Gasteiger partial charge in [-0.3, -0.25) is 0 Å². The van der Waals surface area contributed by atoms with Crippen LogP contribution in [-0.2, 0) is 4.74 Å². The number of carbonyl (C=O) groups excluding carboxylic acids is 1. The van der Waals surface area contributed by atoms with Crippen LogP contribution in [-0.4, -0.2) is 46.6 Å². The highest BCUT2D eigenvalue weighted by atomic mass is 16.5. The first-order valence-corrected chi connectivity index (χ1v) is 10.2. The first-order valence-electron chi connectivity index (χ1n) is 10.2. The van der Waals surface area contributed by atoms with Crippen LogP contribution in [0.2, 0.25) is 0 Å². The Morgan fingerprint density at radius 1 is 0.969 bits per heavy atom. The zero-order valence-corrected chi connectivity index (χ0v) is 17.1. The molecule has 4 rings (SSSR count). The third kappa shape index (κ3) is 4.37. The summed E-state index contributed by atoms with van der Waals surface area (Å²) in [5, 5.41) is 31.6. The Morgan fingerprint density at radius 2 is 1.59 bits per heavy atom. The summed E-state index contributed by atoms with van der Waals surface area (Å²) in [6, 6.07) is 18.5. The molecular weight excluding hydrogens is 414 g/mol. The summed E-state index contributed by atoms with van der Waals surface area (Å²) in [5.41, 5.74) is 4.50. The molecule has 0 fully saturated rings. The van der Waals surface area contributed by atoms with Crippen LogP contribution in [0.1, 0.15) is 45.9 Å². The molecular formula is C24H23NO7. The molecule has 0 aliphatic heterocycles. The normalized spacial score (nSPS) is 14.3. The molecule has 8 nitrogen and oxygen atoms in total. The molecule has 1 aliphatic rings. The van der Waals surface area contributed by atoms with Gasteiger partial charge < -0.3 is 29.8 Å². The minimum absolute atomic E-state index is 0.0223. The number of aromatic carboxylic acids is 1. The Kier molecular flexibility index (Phi) is 6.25. The van der Waals surface area contributed by atoms with Gasteiger partial charge in [0.2, 0.25) is 5.76 Å². The molecule has 3 aromatic rings. The van der Waals surface area contributed by atoms with Gasteiger partial charge >= 0.3 is 12.1 Å². The van der Waals surface area contributed by atoms with Crippen molar-refractivity contribution < 1.29 is 34.1 Å². The van der Waals surface area contributed by atoms with Crippen molar-refractivity contribution in [1.29, 1.82) is 0 Å². The van der Waals surface area contributed by atoms with Gasteiger partial charge in [0.15, 0.2) is 0 Å². The second-order valence-corrected chi connectivity index (χ2v) is 7.56. The fourth-order valence-corrected chi connectivity index (χ4v) is 3.95. The summed E-state index contributed by atoms with van der Waals surface area (Å²) < 4.78 is 10.4. The highest BCUT2D eigenvalue weighted by molar-refractivity contribution is 5.84. The van der Waals surface area contributed by atoms with Gasteiger partial charge in [-0.25, -0.2) is 9.59 Å². The fourth-order valence-electron chi connectivity index (χ4n) is 3.95. The molecule has 1 aliphatic carbocycles. The second kappa shape index (κ2) is 9.25. The maximum atomic E-state index is 12.2. The number of furan rings is 1. The monoisotopic (exact) mass is 437 g/mol. The van der Waals surface area contributed by atoms with Crippen molar-refractivity contribution >= 4 is 12.1 Å². The van der Waals surface area contributed by atoms with Gasteiger partial charge in [-0.2, -0.15) is 0 Å². The van der Waals surface area contributed by atoms with E-state index >= 15 is 0 Å². The number of benzene rings is 2. The molecule has 0 saturated carbocycles. The Morgan fingerprint density at radius 3 is 2.19 bits per heavy atom. The van der Waals surface area contributed by atoms with Crippen molar-refractivity contribution in [2.75, 3.05) is 13.2 Å². The molecule has 0 spiro atoms. The number of carbonyl (C=O) groups is 2. The first kappa shape index (κ1) is 21.6. The van der Waals surface area contributed by atoms with E-state index in [0.29, 0.717) is 0 Å². The summed E-state index contributed by atoms with van der Waals surface area (Å²) in [4.78, 5) is 23.0. The molecule has 4 N–H and O–H groups in total. The molecule has 1 heterocycles. The van der Waals surface area contributed by atoms with Crippen LogP contribution in [0.25, 0.3) is 11.1 Å². The van der Waals surface area contributed by atoms with Crippen LogP contribution in [0, 0.1) is 0 Å². The number of hydrogen-bond acceptors (Lipinski definition) is 6. The largest absolute Gasteiger partial charge is 0.475 e. The minimum atomic E-state index is -1.41. The molecule has 0 radical (unpaired) electrons. The molecule has 8 heteroatoms. The maximum Gasteiger partial charge on any atom is 0.407 e. The number of carboxylic acid groups (broad SMARTS) is 1. The van der Waals surface area contributed by atoms with E-state index in [0.717, 1.165) is 22.3 Å². The Hall–Kier alpha value is -3.62. The van der Waals surface area contributed by atoms with Gasteiger partial charge in [0, 0.05) is 12.5 Å². The topological polar surface area (TPSA) is 129 Å². The molecule has 1 amide bonds. The number of amides is 1. The number of nitrogens with one attached hydrogen (secondary N) is 1. The van der Waals surface area contributed by atoms with E-state index < -0.39 is 24.3 Å². The number of rotatable bonds is 8. The summed E-state index contributed by atoms with van der Waals surface area (Å²) in [6.07, 6.45) is -3.27. The van der Waals surface area contributed by atoms with Crippen LogP contribution >= 0.6 is 0 Å². The van der Waals surface area contributed by atoms with E-state index in [2.05, 4.69) is 17.4 Å². The number of alkyl carbamates (subject to hydrolysis) is 1. The number of hydrogen-bond donors (Lipinski definition) is 4. The van der Waals surface area contributed by atoms with Crippen molar-refractivity contribution in [3.63, 3.8) is 0 Å². The van der Waals surface area contributed by atoms with E-state index in [4.69, 9.17) is 14.3 Å². The average molecular weight is 437 g/mol. The molecule has 2 aromatic carbocycles. The maximum absolute atomic E-state index is 12.2. The van der Waals surface area contributed by atoms with Crippen LogP contribution < -0.4 is 5.32 Å². The number of fused-ring (bicyclic) bond motifs is 3. The number of aliphatic hydroxyl groups excluding tert-OH is 2. The number of aliphatic hydroxyl groups is 2. The van der Waals surface area contributed by atoms with Gasteiger partial charge in [0.1, 0.15) is 18.5 Å². The zero-order chi connectivity index (χ0) is 22.7. The van der Waals surface area contributed by atoms with Crippen molar-refractivity contribution in [2.45, 2.75) is 24.5 Å². The van der Waals surface area contributed by atoms with E-state index in [-0.39, 0.29) is 37.0 Å². The lowest BCUT2D eigenvalue weighted by atomic mass is 9.98. The second-order valence-electron chi connectivity index (χ2n) is 7.56. The molecule has 32 heavy (non-hydrogen) atoms. The van der Waals surface area contributed by atoms with Gasteiger partial charge in [-0.15, -0.1) is 0 Å². The van der Waals surface area contributed by atoms with Crippen molar-refractivity contribution in [3.05, 3.63) is 83.3 Å².